The molecule has 0 aliphatic rings. The summed E-state index contributed by atoms with van der Waals surface area (Å²) in [5.74, 6) is -0.0896. The van der Waals surface area contributed by atoms with E-state index in [4.69, 9.17) is 0 Å². The number of esters is 1. The van der Waals surface area contributed by atoms with Crippen LogP contribution in [0.15, 0.2) is 17.5 Å². The van der Waals surface area contributed by atoms with Crippen LogP contribution in [0, 0.1) is 0 Å². The second-order valence-electron chi connectivity index (χ2n) is 3.57. The molecule has 0 bridgehead atoms. The minimum absolute atomic E-state index is 0.0896. The standard InChI is InChI=1S/C12H18O2S/c1-14-12(13)9-5-3-2-4-7-11-8-6-10-15-11/h6,8,10H,2-5,7,9H2,1H3. The van der Waals surface area contributed by atoms with E-state index in [0.29, 0.717) is 6.42 Å². The molecular formula is C12H18O2S. The first-order valence-corrected chi connectivity index (χ1v) is 6.30. The van der Waals surface area contributed by atoms with Crippen LogP contribution in [-0.2, 0) is 16.0 Å². The van der Waals surface area contributed by atoms with Crippen molar-refractivity contribution in [2.24, 2.45) is 0 Å². The van der Waals surface area contributed by atoms with E-state index >= 15 is 0 Å². The molecule has 0 aromatic carbocycles. The third-order valence-corrected chi connectivity index (χ3v) is 3.30. The lowest BCUT2D eigenvalue weighted by atomic mass is 10.1. The average Bonchev–Trinajstić information content (AvgIpc) is 2.75. The van der Waals surface area contributed by atoms with E-state index < -0.39 is 0 Å². The molecule has 0 radical (unpaired) electrons. The maximum absolute atomic E-state index is 10.8. The number of ether oxygens (including phenoxy) is 1. The molecule has 0 aliphatic heterocycles. The van der Waals surface area contributed by atoms with Gasteiger partial charge in [-0.05, 0) is 30.7 Å². The van der Waals surface area contributed by atoms with Crippen molar-refractivity contribution in [2.75, 3.05) is 7.11 Å². The van der Waals surface area contributed by atoms with Crippen molar-refractivity contribution in [3.8, 4) is 0 Å². The van der Waals surface area contributed by atoms with Crippen LogP contribution in [0.3, 0.4) is 0 Å². The quantitative estimate of drug-likeness (QED) is 0.526. The Hall–Kier alpha value is -0.830. The highest BCUT2D eigenvalue weighted by Crippen LogP contribution is 2.13. The number of carbonyl (C=O) groups excluding carboxylic acids is 1. The molecule has 15 heavy (non-hydrogen) atoms. The van der Waals surface area contributed by atoms with E-state index in [-0.39, 0.29) is 5.97 Å². The summed E-state index contributed by atoms with van der Waals surface area (Å²) in [6, 6.07) is 4.27. The predicted molar refractivity (Wildman–Crippen MR) is 63.1 cm³/mol. The molecule has 84 valence electrons. The van der Waals surface area contributed by atoms with E-state index in [1.807, 2.05) is 11.3 Å². The number of methoxy groups -OCH3 is 1. The van der Waals surface area contributed by atoms with Crippen molar-refractivity contribution in [2.45, 2.75) is 38.5 Å². The summed E-state index contributed by atoms with van der Waals surface area (Å²) in [6.45, 7) is 0. The molecule has 3 heteroatoms. The first-order chi connectivity index (χ1) is 7.33. The Balaban J connectivity index is 1.91. The summed E-state index contributed by atoms with van der Waals surface area (Å²) in [5.41, 5.74) is 0. The first-order valence-electron chi connectivity index (χ1n) is 5.42. The van der Waals surface area contributed by atoms with E-state index in [0.717, 1.165) is 12.8 Å². The molecule has 1 aromatic heterocycles. The highest BCUT2D eigenvalue weighted by molar-refractivity contribution is 7.09. The summed E-state index contributed by atoms with van der Waals surface area (Å²) in [7, 11) is 1.44. The Bertz CT molecular complexity index is 267. The smallest absolute Gasteiger partial charge is 0.305 e. The SMILES string of the molecule is COC(=O)CCCCCCc1cccs1. The minimum Gasteiger partial charge on any atom is -0.469 e. The molecule has 0 fully saturated rings. The fourth-order valence-corrected chi connectivity index (χ4v) is 2.23. The Kier molecular flexibility index (Phi) is 6.09. The van der Waals surface area contributed by atoms with Gasteiger partial charge >= 0.3 is 5.97 Å². The van der Waals surface area contributed by atoms with Crippen LogP contribution in [-0.4, -0.2) is 13.1 Å². The molecule has 1 aromatic rings. The number of thiophene rings is 1. The molecule has 0 N–H and O–H groups in total. The zero-order valence-corrected chi connectivity index (χ0v) is 10.0. The van der Waals surface area contributed by atoms with E-state index in [1.54, 1.807) is 0 Å². The molecule has 0 spiro atoms. The molecule has 1 heterocycles. The molecule has 0 atom stereocenters. The van der Waals surface area contributed by atoms with Gasteiger partial charge in [-0.15, -0.1) is 11.3 Å². The molecule has 1 rings (SSSR count). The number of hydrogen-bond acceptors (Lipinski definition) is 3. The van der Waals surface area contributed by atoms with E-state index in [2.05, 4.69) is 22.2 Å². The predicted octanol–water partition coefficient (Wildman–Crippen LogP) is 3.41. The first kappa shape index (κ1) is 12.2. The van der Waals surface area contributed by atoms with Crippen LogP contribution in [0.2, 0.25) is 0 Å². The largest absolute Gasteiger partial charge is 0.469 e. The Labute approximate surface area is 95.3 Å². The van der Waals surface area contributed by atoms with Crippen molar-refractivity contribution >= 4 is 17.3 Å². The normalized spacial score (nSPS) is 10.2. The fourth-order valence-electron chi connectivity index (χ4n) is 1.48. The number of carbonyl (C=O) groups is 1. The number of rotatable bonds is 7. The lowest BCUT2D eigenvalue weighted by Crippen LogP contribution is -1.99. The Morgan fingerprint density at radius 2 is 2.13 bits per heavy atom. The van der Waals surface area contributed by atoms with Crippen molar-refractivity contribution in [3.63, 3.8) is 0 Å². The van der Waals surface area contributed by atoms with Crippen LogP contribution >= 0.6 is 11.3 Å². The maximum atomic E-state index is 10.8. The summed E-state index contributed by atoms with van der Waals surface area (Å²) in [6.07, 6.45) is 6.25. The monoisotopic (exact) mass is 226 g/mol. The second-order valence-corrected chi connectivity index (χ2v) is 4.60. The summed E-state index contributed by atoms with van der Waals surface area (Å²) < 4.78 is 4.58. The molecule has 0 unspecified atom stereocenters. The highest BCUT2D eigenvalue weighted by atomic mass is 32.1. The molecular weight excluding hydrogens is 208 g/mol. The third-order valence-electron chi connectivity index (χ3n) is 2.36. The lowest BCUT2D eigenvalue weighted by molar-refractivity contribution is -0.140. The van der Waals surface area contributed by atoms with Crippen LogP contribution in [0.4, 0.5) is 0 Å². The number of unbranched alkanes of at least 4 members (excludes halogenated alkanes) is 3. The molecule has 0 saturated carbocycles. The van der Waals surface area contributed by atoms with Gasteiger partial charge in [-0.2, -0.15) is 0 Å². The molecule has 0 saturated heterocycles. The maximum Gasteiger partial charge on any atom is 0.305 e. The van der Waals surface area contributed by atoms with Gasteiger partial charge in [-0.3, -0.25) is 4.79 Å². The molecule has 0 amide bonds. The van der Waals surface area contributed by atoms with Gasteiger partial charge in [-0.25, -0.2) is 0 Å². The summed E-state index contributed by atoms with van der Waals surface area (Å²) >= 11 is 1.82. The van der Waals surface area contributed by atoms with Gasteiger partial charge in [0.05, 0.1) is 7.11 Å². The van der Waals surface area contributed by atoms with Gasteiger partial charge in [0, 0.05) is 11.3 Å². The Morgan fingerprint density at radius 1 is 1.33 bits per heavy atom. The van der Waals surface area contributed by atoms with Crippen molar-refractivity contribution in [1.82, 2.24) is 0 Å². The summed E-state index contributed by atoms with van der Waals surface area (Å²) in [5, 5.41) is 2.12. The van der Waals surface area contributed by atoms with Crippen LogP contribution in [0.25, 0.3) is 0 Å². The number of aryl methyl sites for hydroxylation is 1. The minimum atomic E-state index is -0.0896. The molecule has 2 nitrogen and oxygen atoms in total. The topological polar surface area (TPSA) is 26.3 Å². The van der Waals surface area contributed by atoms with Crippen LogP contribution in [0.5, 0.6) is 0 Å². The van der Waals surface area contributed by atoms with Gasteiger partial charge in [-0.1, -0.05) is 18.9 Å². The van der Waals surface area contributed by atoms with Gasteiger partial charge in [0.2, 0.25) is 0 Å². The fraction of sp³-hybridized carbons (Fsp3) is 0.583. The Morgan fingerprint density at radius 3 is 2.80 bits per heavy atom. The van der Waals surface area contributed by atoms with E-state index in [1.165, 1.54) is 31.2 Å². The summed E-state index contributed by atoms with van der Waals surface area (Å²) in [4.78, 5) is 12.3. The van der Waals surface area contributed by atoms with Gasteiger partial charge in [0.1, 0.15) is 0 Å². The van der Waals surface area contributed by atoms with Gasteiger partial charge < -0.3 is 4.74 Å². The highest BCUT2D eigenvalue weighted by Gasteiger charge is 1.99. The average molecular weight is 226 g/mol. The second kappa shape index (κ2) is 7.46. The molecule has 0 aliphatic carbocycles. The van der Waals surface area contributed by atoms with Crippen LogP contribution < -0.4 is 0 Å². The van der Waals surface area contributed by atoms with Crippen molar-refractivity contribution in [3.05, 3.63) is 22.4 Å². The van der Waals surface area contributed by atoms with Crippen molar-refractivity contribution < 1.29 is 9.53 Å². The van der Waals surface area contributed by atoms with Gasteiger partial charge in [0.25, 0.3) is 0 Å². The van der Waals surface area contributed by atoms with Crippen LogP contribution in [0.1, 0.15) is 37.0 Å². The van der Waals surface area contributed by atoms with E-state index in [9.17, 15) is 4.79 Å². The van der Waals surface area contributed by atoms with Gasteiger partial charge in [0.15, 0.2) is 0 Å². The zero-order valence-electron chi connectivity index (χ0n) is 9.20. The van der Waals surface area contributed by atoms with Crippen molar-refractivity contribution in [1.29, 1.82) is 0 Å². The number of hydrogen-bond donors (Lipinski definition) is 0. The zero-order chi connectivity index (χ0) is 10.9. The lowest BCUT2D eigenvalue weighted by Gasteiger charge is -2.00. The third kappa shape index (κ3) is 5.57.